The molecule has 8 nitrogen and oxygen atoms in total. The van der Waals surface area contributed by atoms with Crippen LogP contribution in [0.5, 0.6) is 0 Å². The number of piperazine rings is 1. The summed E-state index contributed by atoms with van der Waals surface area (Å²) in [6, 6.07) is 13.4. The third kappa shape index (κ3) is 6.10. The molecule has 1 aliphatic heterocycles. The highest BCUT2D eigenvalue weighted by molar-refractivity contribution is 5.91. The van der Waals surface area contributed by atoms with E-state index in [1.807, 2.05) is 37.3 Å². The SMILES string of the molecule is CCNC(=NCC(=O)NCCc1ccccc1)N1CCN(C(=O)c2ccco2)CC1. The Morgan fingerprint density at radius 1 is 1.00 bits per heavy atom. The molecule has 0 spiro atoms. The number of rotatable bonds is 7. The number of hydrogen-bond acceptors (Lipinski definition) is 4. The van der Waals surface area contributed by atoms with Crippen molar-refractivity contribution in [3.05, 3.63) is 60.1 Å². The fourth-order valence-corrected chi connectivity index (χ4v) is 3.30. The zero-order valence-electron chi connectivity index (χ0n) is 17.3. The number of carbonyl (C=O) groups is 2. The molecule has 2 heterocycles. The summed E-state index contributed by atoms with van der Waals surface area (Å²) in [4.78, 5) is 32.9. The molecule has 3 rings (SSSR count). The molecule has 1 fully saturated rings. The Morgan fingerprint density at radius 2 is 1.73 bits per heavy atom. The van der Waals surface area contributed by atoms with E-state index in [1.165, 1.54) is 11.8 Å². The number of aliphatic imine (C=N–C) groups is 1. The van der Waals surface area contributed by atoms with Crippen molar-refractivity contribution in [3.8, 4) is 0 Å². The fraction of sp³-hybridized carbons (Fsp3) is 0.409. The van der Waals surface area contributed by atoms with Crippen molar-refractivity contribution in [2.45, 2.75) is 13.3 Å². The van der Waals surface area contributed by atoms with E-state index in [1.54, 1.807) is 17.0 Å². The smallest absolute Gasteiger partial charge is 0.289 e. The molecule has 1 aromatic carbocycles. The Morgan fingerprint density at radius 3 is 2.40 bits per heavy atom. The molecule has 1 saturated heterocycles. The van der Waals surface area contributed by atoms with Crippen LogP contribution < -0.4 is 10.6 Å². The number of guanidine groups is 1. The van der Waals surface area contributed by atoms with Gasteiger partial charge in [0.15, 0.2) is 11.7 Å². The lowest BCUT2D eigenvalue weighted by atomic mass is 10.1. The number of carbonyl (C=O) groups excluding carboxylic acids is 2. The molecule has 0 radical (unpaired) electrons. The molecule has 30 heavy (non-hydrogen) atoms. The van der Waals surface area contributed by atoms with E-state index in [0.29, 0.717) is 51.0 Å². The highest BCUT2D eigenvalue weighted by Gasteiger charge is 2.25. The normalized spacial score (nSPS) is 14.5. The molecular weight excluding hydrogens is 382 g/mol. The number of nitrogens with one attached hydrogen (secondary N) is 2. The van der Waals surface area contributed by atoms with Gasteiger partial charge < -0.3 is 24.9 Å². The van der Waals surface area contributed by atoms with Gasteiger partial charge in [0.1, 0.15) is 6.54 Å². The van der Waals surface area contributed by atoms with Gasteiger partial charge in [0.2, 0.25) is 5.91 Å². The second-order valence-corrected chi connectivity index (χ2v) is 7.01. The van der Waals surface area contributed by atoms with Crippen LogP contribution in [0.3, 0.4) is 0 Å². The molecule has 2 amide bonds. The summed E-state index contributed by atoms with van der Waals surface area (Å²) in [5, 5.41) is 6.15. The van der Waals surface area contributed by atoms with Crippen molar-refractivity contribution in [1.29, 1.82) is 0 Å². The standard InChI is InChI=1S/C22H29N5O3/c1-2-23-22(25-17-20(28)24-11-10-18-7-4-3-5-8-18)27-14-12-26(13-15-27)21(29)19-9-6-16-30-19/h3-9,16H,2,10-15,17H2,1H3,(H,23,25)(H,24,28). The first-order chi connectivity index (χ1) is 14.7. The summed E-state index contributed by atoms with van der Waals surface area (Å²) >= 11 is 0. The van der Waals surface area contributed by atoms with Crippen molar-refractivity contribution in [1.82, 2.24) is 20.4 Å². The monoisotopic (exact) mass is 411 g/mol. The zero-order chi connectivity index (χ0) is 21.2. The predicted molar refractivity (Wildman–Crippen MR) is 115 cm³/mol. The van der Waals surface area contributed by atoms with Crippen molar-refractivity contribution in [2.24, 2.45) is 4.99 Å². The predicted octanol–water partition coefficient (Wildman–Crippen LogP) is 1.36. The summed E-state index contributed by atoms with van der Waals surface area (Å²) in [7, 11) is 0. The molecule has 2 aromatic rings. The fourth-order valence-electron chi connectivity index (χ4n) is 3.30. The van der Waals surface area contributed by atoms with Crippen molar-refractivity contribution >= 4 is 17.8 Å². The summed E-state index contributed by atoms with van der Waals surface area (Å²) in [6.07, 6.45) is 2.30. The van der Waals surface area contributed by atoms with Crippen LogP contribution in [0.15, 0.2) is 58.1 Å². The van der Waals surface area contributed by atoms with Crippen LogP contribution in [0.25, 0.3) is 0 Å². The maximum atomic E-state index is 12.4. The van der Waals surface area contributed by atoms with E-state index in [9.17, 15) is 9.59 Å². The van der Waals surface area contributed by atoms with Crippen LogP contribution in [0, 0.1) is 0 Å². The van der Waals surface area contributed by atoms with E-state index in [-0.39, 0.29) is 18.4 Å². The minimum Gasteiger partial charge on any atom is -0.459 e. The summed E-state index contributed by atoms with van der Waals surface area (Å²) in [6.45, 7) is 5.81. The lowest BCUT2D eigenvalue weighted by Gasteiger charge is -2.36. The first kappa shape index (κ1) is 21.4. The molecule has 0 saturated carbocycles. The van der Waals surface area contributed by atoms with Gasteiger partial charge >= 0.3 is 0 Å². The van der Waals surface area contributed by atoms with Gasteiger partial charge in [0, 0.05) is 39.3 Å². The summed E-state index contributed by atoms with van der Waals surface area (Å²) in [5.74, 6) is 0.851. The minimum absolute atomic E-state index is 0.0721. The Balaban J connectivity index is 1.46. The molecule has 8 heteroatoms. The average Bonchev–Trinajstić information content (AvgIpc) is 3.32. The van der Waals surface area contributed by atoms with E-state index in [2.05, 4.69) is 20.5 Å². The van der Waals surface area contributed by atoms with E-state index in [0.717, 1.165) is 6.42 Å². The van der Waals surface area contributed by atoms with Crippen LogP contribution in [0.2, 0.25) is 0 Å². The number of amides is 2. The third-order valence-electron chi connectivity index (χ3n) is 4.88. The van der Waals surface area contributed by atoms with Crippen molar-refractivity contribution in [2.75, 3.05) is 45.8 Å². The van der Waals surface area contributed by atoms with Crippen LogP contribution in [0.4, 0.5) is 0 Å². The maximum absolute atomic E-state index is 12.4. The average molecular weight is 412 g/mol. The first-order valence-electron chi connectivity index (χ1n) is 10.3. The topological polar surface area (TPSA) is 90.2 Å². The summed E-state index contributed by atoms with van der Waals surface area (Å²) in [5.41, 5.74) is 1.19. The van der Waals surface area contributed by atoms with Gasteiger partial charge in [-0.15, -0.1) is 0 Å². The molecule has 1 aromatic heterocycles. The van der Waals surface area contributed by atoms with E-state index in [4.69, 9.17) is 4.42 Å². The Kier molecular flexibility index (Phi) is 7.88. The minimum atomic E-state index is -0.104. The van der Waals surface area contributed by atoms with Crippen LogP contribution in [-0.4, -0.2) is 73.4 Å². The lowest BCUT2D eigenvalue weighted by Crippen LogP contribution is -2.54. The first-order valence-corrected chi connectivity index (χ1v) is 10.3. The van der Waals surface area contributed by atoms with Gasteiger partial charge in [-0.3, -0.25) is 9.59 Å². The molecule has 0 atom stereocenters. The summed E-state index contributed by atoms with van der Waals surface area (Å²) < 4.78 is 5.20. The van der Waals surface area contributed by atoms with Gasteiger partial charge in [-0.05, 0) is 31.0 Å². The number of hydrogen-bond donors (Lipinski definition) is 2. The lowest BCUT2D eigenvalue weighted by molar-refractivity contribution is -0.119. The third-order valence-corrected chi connectivity index (χ3v) is 4.88. The molecule has 160 valence electrons. The number of furan rings is 1. The van der Waals surface area contributed by atoms with Gasteiger partial charge in [-0.2, -0.15) is 0 Å². The molecular formula is C22H29N5O3. The molecule has 1 aliphatic rings. The Hall–Kier alpha value is -3.29. The maximum Gasteiger partial charge on any atom is 0.289 e. The van der Waals surface area contributed by atoms with Gasteiger partial charge in [0.25, 0.3) is 5.91 Å². The highest BCUT2D eigenvalue weighted by Crippen LogP contribution is 2.09. The second kappa shape index (κ2) is 11.0. The Bertz CT molecular complexity index is 828. The number of benzene rings is 1. The van der Waals surface area contributed by atoms with Gasteiger partial charge in [-0.25, -0.2) is 4.99 Å². The molecule has 0 unspecified atom stereocenters. The largest absolute Gasteiger partial charge is 0.459 e. The van der Waals surface area contributed by atoms with E-state index >= 15 is 0 Å². The molecule has 0 bridgehead atoms. The number of nitrogens with zero attached hydrogens (tertiary/aromatic N) is 3. The van der Waals surface area contributed by atoms with E-state index < -0.39 is 0 Å². The van der Waals surface area contributed by atoms with Gasteiger partial charge in [0.05, 0.1) is 6.26 Å². The molecule has 0 aliphatic carbocycles. The Labute approximate surface area is 176 Å². The highest BCUT2D eigenvalue weighted by atomic mass is 16.3. The van der Waals surface area contributed by atoms with Gasteiger partial charge in [-0.1, -0.05) is 30.3 Å². The second-order valence-electron chi connectivity index (χ2n) is 7.01. The molecule has 2 N–H and O–H groups in total. The quantitative estimate of drug-likeness (QED) is 0.530. The van der Waals surface area contributed by atoms with Crippen molar-refractivity contribution in [3.63, 3.8) is 0 Å². The van der Waals surface area contributed by atoms with Crippen LogP contribution in [-0.2, 0) is 11.2 Å². The van der Waals surface area contributed by atoms with Crippen LogP contribution in [0.1, 0.15) is 23.0 Å². The zero-order valence-corrected chi connectivity index (χ0v) is 17.3. The van der Waals surface area contributed by atoms with Crippen LogP contribution >= 0.6 is 0 Å². The van der Waals surface area contributed by atoms with Crippen molar-refractivity contribution < 1.29 is 14.0 Å².